The van der Waals surface area contributed by atoms with E-state index in [4.69, 9.17) is 0 Å². The molecule has 0 amide bonds. The molecule has 0 bridgehead atoms. The predicted molar refractivity (Wildman–Crippen MR) is 217 cm³/mol. The van der Waals surface area contributed by atoms with Crippen molar-refractivity contribution in [2.75, 3.05) is 0 Å². The summed E-state index contributed by atoms with van der Waals surface area (Å²) >= 11 is 0. The lowest BCUT2D eigenvalue weighted by atomic mass is 10.1. The molecule has 0 heterocycles. The molecule has 4 rings (SSSR count). The van der Waals surface area contributed by atoms with E-state index in [-0.39, 0.29) is 0 Å². The molecule has 0 aliphatic rings. The van der Waals surface area contributed by atoms with Gasteiger partial charge in [0.25, 0.3) is 0 Å². The van der Waals surface area contributed by atoms with Crippen molar-refractivity contribution in [3.05, 3.63) is 117 Å². The fourth-order valence-electron chi connectivity index (χ4n) is 7.18. The number of rotatable bonds is 16. The van der Waals surface area contributed by atoms with Crippen LogP contribution in [0.5, 0.6) is 0 Å². The van der Waals surface area contributed by atoms with Gasteiger partial charge >= 0.3 is 0 Å². The normalized spacial score (nSPS) is 13.0. The number of aryl methyl sites for hydroxylation is 8. The summed E-state index contributed by atoms with van der Waals surface area (Å²) in [7, 11) is -1.04. The Morgan fingerprint density at radius 1 is 0.319 bits per heavy atom. The van der Waals surface area contributed by atoms with Crippen LogP contribution in [0.2, 0.25) is 0 Å². The summed E-state index contributed by atoms with van der Waals surface area (Å²) in [5.74, 6) is 0. The van der Waals surface area contributed by atoms with Gasteiger partial charge in [0.2, 0.25) is 0 Å². The second kappa shape index (κ2) is 17.9. The monoisotopic (exact) mass is 664 g/mol. The molecular weight excluding hydrogens is 602 g/mol. The van der Waals surface area contributed by atoms with Crippen molar-refractivity contribution in [2.45, 2.75) is 138 Å². The van der Waals surface area contributed by atoms with Gasteiger partial charge in [-0.3, -0.25) is 0 Å². The third kappa shape index (κ3) is 9.46. The Labute approximate surface area is 291 Å². The van der Waals surface area contributed by atoms with Crippen LogP contribution in [-0.2, 0) is 51.4 Å². The molecule has 0 spiro atoms. The maximum atomic E-state index is 2.59. The highest BCUT2D eigenvalue weighted by Gasteiger charge is 2.29. The van der Waals surface area contributed by atoms with E-state index in [1.54, 1.807) is 21.2 Å². The molecule has 2 heteroatoms. The molecule has 2 atom stereocenters. The van der Waals surface area contributed by atoms with Crippen molar-refractivity contribution >= 4 is 37.1 Å². The lowest BCUT2D eigenvalue weighted by molar-refractivity contribution is 0.793. The molecule has 0 aliphatic heterocycles. The first kappa shape index (κ1) is 37.6. The molecule has 47 heavy (non-hydrogen) atoms. The van der Waals surface area contributed by atoms with E-state index in [1.165, 1.54) is 50.9 Å². The van der Waals surface area contributed by atoms with Crippen LogP contribution >= 0.6 is 15.8 Å². The summed E-state index contributed by atoms with van der Waals surface area (Å²) in [5, 5.41) is 6.33. The molecule has 0 saturated heterocycles. The van der Waals surface area contributed by atoms with Crippen molar-refractivity contribution in [1.29, 1.82) is 0 Å². The average Bonchev–Trinajstić information content (AvgIpc) is 3.10. The zero-order valence-electron chi connectivity index (χ0n) is 31.3. The van der Waals surface area contributed by atoms with Gasteiger partial charge in [-0.2, -0.15) is 0 Å². The molecule has 0 saturated carbocycles. The maximum Gasteiger partial charge on any atom is -0.0151 e. The molecule has 252 valence electrons. The summed E-state index contributed by atoms with van der Waals surface area (Å²) in [6.07, 6.45) is 9.97. The summed E-state index contributed by atoms with van der Waals surface area (Å²) in [6.45, 7) is 23.7. The third-order valence-corrected chi connectivity index (χ3v) is 15.5. The smallest absolute Gasteiger partial charge is 0.0151 e. The first-order valence-electron chi connectivity index (χ1n) is 18.8. The molecule has 0 aliphatic carbocycles. The Balaban J connectivity index is 1.87. The van der Waals surface area contributed by atoms with Gasteiger partial charge in [0.1, 0.15) is 0 Å². The molecular formula is C45H62P2. The minimum atomic E-state index is -0.522. The van der Waals surface area contributed by atoms with Crippen molar-refractivity contribution in [1.82, 2.24) is 0 Å². The molecule has 0 fully saturated rings. The van der Waals surface area contributed by atoms with Crippen molar-refractivity contribution < 1.29 is 0 Å². The Kier molecular flexibility index (Phi) is 14.3. The summed E-state index contributed by atoms with van der Waals surface area (Å²) in [4.78, 5) is 0. The first-order valence-corrected chi connectivity index (χ1v) is 21.6. The fraction of sp³-hybridized carbons (Fsp3) is 0.467. The highest BCUT2D eigenvalue weighted by Crippen LogP contribution is 2.49. The van der Waals surface area contributed by atoms with Gasteiger partial charge in [-0.05, 0) is 151 Å². The molecule has 0 radical (unpaired) electrons. The number of benzene rings is 4. The predicted octanol–water partition coefficient (Wildman–Crippen LogP) is 10.9. The van der Waals surface area contributed by atoms with E-state index < -0.39 is 15.8 Å². The minimum Gasteiger partial charge on any atom is -0.0613 e. The van der Waals surface area contributed by atoms with E-state index >= 15 is 0 Å². The van der Waals surface area contributed by atoms with E-state index in [0.717, 1.165) is 51.4 Å². The van der Waals surface area contributed by atoms with Gasteiger partial charge in [-0.15, -0.1) is 0 Å². The van der Waals surface area contributed by atoms with Crippen molar-refractivity contribution in [3.63, 3.8) is 0 Å². The lowest BCUT2D eigenvalue weighted by Gasteiger charge is -2.33. The van der Waals surface area contributed by atoms with Crippen molar-refractivity contribution in [2.24, 2.45) is 0 Å². The van der Waals surface area contributed by atoms with Gasteiger partial charge in [-0.25, -0.2) is 0 Å². The minimum absolute atomic E-state index is 0.522. The van der Waals surface area contributed by atoms with Gasteiger partial charge in [0.15, 0.2) is 0 Å². The highest BCUT2D eigenvalue weighted by atomic mass is 31.1. The molecule has 0 unspecified atom stereocenters. The zero-order chi connectivity index (χ0) is 34.1. The van der Waals surface area contributed by atoms with Gasteiger partial charge < -0.3 is 0 Å². The molecule has 0 N–H and O–H groups in total. The van der Waals surface area contributed by atoms with Crippen LogP contribution in [0.3, 0.4) is 0 Å². The second-order valence-corrected chi connectivity index (χ2v) is 18.8. The molecule has 0 nitrogen and oxygen atoms in total. The Hall–Kier alpha value is -2.26. The van der Waals surface area contributed by atoms with Crippen LogP contribution < -0.4 is 21.2 Å². The molecule has 0 aromatic heterocycles. The summed E-state index contributed by atoms with van der Waals surface area (Å²) < 4.78 is 0. The average molecular weight is 665 g/mol. The fourth-order valence-corrected chi connectivity index (χ4v) is 13.5. The largest absolute Gasteiger partial charge is 0.0613 e. The quantitative estimate of drug-likeness (QED) is 0.105. The van der Waals surface area contributed by atoms with Crippen LogP contribution in [0.25, 0.3) is 0 Å². The number of hydrogen-bond acceptors (Lipinski definition) is 0. The van der Waals surface area contributed by atoms with Gasteiger partial charge in [0, 0.05) is 0 Å². The highest BCUT2D eigenvalue weighted by molar-refractivity contribution is 7.74. The topological polar surface area (TPSA) is 0 Å². The zero-order valence-corrected chi connectivity index (χ0v) is 33.1. The molecule has 4 aromatic carbocycles. The Morgan fingerprint density at radius 3 is 0.638 bits per heavy atom. The van der Waals surface area contributed by atoms with E-state index in [1.807, 2.05) is 0 Å². The van der Waals surface area contributed by atoms with Crippen LogP contribution in [0.1, 0.15) is 120 Å². The summed E-state index contributed by atoms with van der Waals surface area (Å²) in [6, 6.07) is 30.3. The standard InChI is InChI=1S/C45H62P2/c1-11-34-20-35(12-2)25-42(24-34)46(43-26-36(13-3)21-37(14-4)27-43)32(9)19-33(10)47(44-28-38(15-5)22-39(16-6)29-44)45-30-40(17-7)23-41(18-8)31-45/h20-33H,11-19H2,1-10H3/t32-,33-/m0/s1. The Bertz CT molecular complexity index is 1280. The molecule has 4 aromatic rings. The lowest BCUT2D eigenvalue weighted by Crippen LogP contribution is -2.27. The Morgan fingerprint density at radius 2 is 0.489 bits per heavy atom. The van der Waals surface area contributed by atoms with E-state index in [9.17, 15) is 0 Å². The SMILES string of the molecule is CCc1cc(CC)cc(P(c2cc(CC)cc(CC)c2)[C@@H](C)C[C@H](C)P(c2cc(CC)cc(CC)c2)c2cc(CC)cc(CC)c2)c1. The number of hydrogen-bond donors (Lipinski definition) is 0. The first-order chi connectivity index (χ1) is 22.7. The second-order valence-electron chi connectivity index (χ2n) is 13.5. The summed E-state index contributed by atoms with van der Waals surface area (Å²) in [5.41, 5.74) is 13.1. The maximum absolute atomic E-state index is 2.59. The van der Waals surface area contributed by atoms with E-state index in [0.29, 0.717) is 11.3 Å². The van der Waals surface area contributed by atoms with Gasteiger partial charge in [0.05, 0.1) is 0 Å². The third-order valence-electron chi connectivity index (χ3n) is 10.1. The van der Waals surface area contributed by atoms with Crippen LogP contribution in [0, 0.1) is 0 Å². The van der Waals surface area contributed by atoms with Crippen molar-refractivity contribution in [3.8, 4) is 0 Å². The van der Waals surface area contributed by atoms with Crippen LogP contribution in [0.4, 0.5) is 0 Å². The van der Waals surface area contributed by atoms with Crippen LogP contribution in [0.15, 0.2) is 72.8 Å². The van der Waals surface area contributed by atoms with E-state index in [2.05, 4.69) is 142 Å². The van der Waals surface area contributed by atoms with Gasteiger partial charge in [-0.1, -0.05) is 142 Å². The van der Waals surface area contributed by atoms with Crippen LogP contribution in [-0.4, -0.2) is 11.3 Å².